The predicted octanol–water partition coefficient (Wildman–Crippen LogP) is 2.66. The van der Waals surface area contributed by atoms with E-state index in [1.165, 1.54) is 37.4 Å². The maximum Gasteiger partial charge on any atom is 0.337 e. The third-order valence-electron chi connectivity index (χ3n) is 3.63. The number of hydrogen-bond acceptors (Lipinski definition) is 5. The first-order valence-electron chi connectivity index (χ1n) is 8.32. The Balaban J connectivity index is 2.19. The first-order chi connectivity index (χ1) is 12.7. The zero-order valence-electron chi connectivity index (χ0n) is 15.4. The van der Waals surface area contributed by atoms with Gasteiger partial charge in [0.1, 0.15) is 0 Å². The molecule has 8 heteroatoms. The van der Waals surface area contributed by atoms with Crippen molar-refractivity contribution in [3.8, 4) is 0 Å². The second kappa shape index (κ2) is 8.79. The summed E-state index contributed by atoms with van der Waals surface area (Å²) < 4.78 is 31.8. The number of nitrogens with one attached hydrogen (secondary N) is 2. The Morgan fingerprint density at radius 1 is 1.04 bits per heavy atom. The zero-order valence-corrected chi connectivity index (χ0v) is 16.2. The number of amides is 1. The van der Waals surface area contributed by atoms with Crippen LogP contribution in [0.15, 0.2) is 53.4 Å². The van der Waals surface area contributed by atoms with E-state index in [-0.39, 0.29) is 16.4 Å². The second-order valence-corrected chi connectivity index (χ2v) is 8.07. The van der Waals surface area contributed by atoms with E-state index in [0.29, 0.717) is 17.8 Å². The fraction of sp³-hybridized carbons (Fsp3) is 0.263. The smallest absolute Gasteiger partial charge is 0.337 e. The molecule has 0 bridgehead atoms. The molecule has 0 fully saturated rings. The summed E-state index contributed by atoms with van der Waals surface area (Å²) in [6, 6.07) is 12.0. The fourth-order valence-corrected chi connectivity index (χ4v) is 3.47. The lowest BCUT2D eigenvalue weighted by molar-refractivity contribution is 0.0600. The summed E-state index contributed by atoms with van der Waals surface area (Å²) in [7, 11) is -2.43. The number of carbonyl (C=O) groups excluding carboxylic acids is 2. The van der Waals surface area contributed by atoms with Gasteiger partial charge in [0.25, 0.3) is 5.91 Å². The molecule has 2 aromatic carbocycles. The summed E-state index contributed by atoms with van der Waals surface area (Å²) in [6.45, 7) is 4.10. The number of hydrogen-bond donors (Lipinski definition) is 2. The number of esters is 1. The first-order valence-corrected chi connectivity index (χ1v) is 9.80. The monoisotopic (exact) mass is 390 g/mol. The van der Waals surface area contributed by atoms with Gasteiger partial charge in [-0.1, -0.05) is 26.0 Å². The van der Waals surface area contributed by atoms with Crippen LogP contribution in [0, 0.1) is 5.92 Å². The van der Waals surface area contributed by atoms with Crippen LogP contribution in [0.2, 0.25) is 0 Å². The van der Waals surface area contributed by atoms with Crippen LogP contribution in [-0.4, -0.2) is 33.9 Å². The summed E-state index contributed by atoms with van der Waals surface area (Å²) in [5, 5.41) is 2.64. The minimum absolute atomic E-state index is 0.0131. The Hall–Kier alpha value is -2.71. The maximum absolute atomic E-state index is 12.5. The Morgan fingerprint density at radius 2 is 1.70 bits per heavy atom. The fourth-order valence-electron chi connectivity index (χ4n) is 2.21. The van der Waals surface area contributed by atoms with Crippen LogP contribution < -0.4 is 10.0 Å². The number of sulfonamides is 1. The van der Waals surface area contributed by atoms with Crippen molar-refractivity contribution >= 4 is 27.6 Å². The molecule has 0 aliphatic carbocycles. The molecule has 0 radical (unpaired) electrons. The van der Waals surface area contributed by atoms with E-state index in [1.54, 1.807) is 18.2 Å². The SMILES string of the molecule is COC(=O)c1cccc(NC(=O)c2cccc(S(=O)(=O)NCC(C)C)c2)c1. The number of rotatable bonds is 7. The van der Waals surface area contributed by atoms with E-state index < -0.39 is 21.9 Å². The van der Waals surface area contributed by atoms with Crippen molar-refractivity contribution < 1.29 is 22.7 Å². The van der Waals surface area contributed by atoms with Gasteiger partial charge in [-0.2, -0.15) is 0 Å². The van der Waals surface area contributed by atoms with Crippen molar-refractivity contribution in [3.63, 3.8) is 0 Å². The van der Waals surface area contributed by atoms with Crippen LogP contribution >= 0.6 is 0 Å². The van der Waals surface area contributed by atoms with Crippen LogP contribution in [0.5, 0.6) is 0 Å². The van der Waals surface area contributed by atoms with E-state index >= 15 is 0 Å². The average molecular weight is 390 g/mol. The minimum atomic E-state index is -3.70. The lowest BCUT2D eigenvalue weighted by atomic mass is 10.1. The molecule has 0 saturated heterocycles. The predicted molar refractivity (Wildman–Crippen MR) is 102 cm³/mol. The number of methoxy groups -OCH3 is 1. The second-order valence-electron chi connectivity index (χ2n) is 6.30. The summed E-state index contributed by atoms with van der Waals surface area (Å²) in [4.78, 5) is 24.1. The Labute approximate surface area is 158 Å². The van der Waals surface area contributed by atoms with E-state index in [0.717, 1.165) is 0 Å². The molecule has 0 heterocycles. The molecule has 1 amide bonds. The lowest BCUT2D eigenvalue weighted by Gasteiger charge is -2.10. The molecule has 2 aromatic rings. The van der Waals surface area contributed by atoms with E-state index in [1.807, 2.05) is 13.8 Å². The number of ether oxygens (including phenoxy) is 1. The molecule has 0 atom stereocenters. The number of benzene rings is 2. The van der Waals surface area contributed by atoms with Crippen molar-refractivity contribution in [1.82, 2.24) is 4.72 Å². The van der Waals surface area contributed by atoms with Gasteiger partial charge < -0.3 is 10.1 Å². The van der Waals surface area contributed by atoms with Crippen LogP contribution in [0.25, 0.3) is 0 Å². The number of carbonyl (C=O) groups is 2. The van der Waals surface area contributed by atoms with Crippen LogP contribution in [0.3, 0.4) is 0 Å². The molecule has 0 aliphatic rings. The van der Waals surface area contributed by atoms with Gasteiger partial charge in [-0.25, -0.2) is 17.9 Å². The van der Waals surface area contributed by atoms with Crippen molar-refractivity contribution in [3.05, 3.63) is 59.7 Å². The van der Waals surface area contributed by atoms with Gasteiger partial charge in [-0.15, -0.1) is 0 Å². The van der Waals surface area contributed by atoms with Gasteiger partial charge in [0.2, 0.25) is 10.0 Å². The highest BCUT2D eigenvalue weighted by Crippen LogP contribution is 2.16. The molecule has 2 rings (SSSR count). The van der Waals surface area contributed by atoms with Crippen LogP contribution in [0.1, 0.15) is 34.6 Å². The highest BCUT2D eigenvalue weighted by Gasteiger charge is 2.17. The Kier molecular flexibility index (Phi) is 6.70. The van der Waals surface area contributed by atoms with E-state index in [9.17, 15) is 18.0 Å². The van der Waals surface area contributed by atoms with Gasteiger partial charge in [0, 0.05) is 17.8 Å². The quantitative estimate of drug-likeness (QED) is 0.708. The van der Waals surface area contributed by atoms with Gasteiger partial charge in [-0.05, 0) is 42.3 Å². The molecular formula is C19H22N2O5S. The molecule has 0 spiro atoms. The molecule has 0 unspecified atom stereocenters. The lowest BCUT2D eigenvalue weighted by Crippen LogP contribution is -2.27. The van der Waals surface area contributed by atoms with Crippen molar-refractivity contribution in [2.24, 2.45) is 5.92 Å². The molecular weight excluding hydrogens is 368 g/mol. The van der Waals surface area contributed by atoms with Crippen molar-refractivity contribution in [2.45, 2.75) is 18.7 Å². The molecule has 0 aromatic heterocycles. The normalized spacial score (nSPS) is 11.3. The van der Waals surface area contributed by atoms with Crippen LogP contribution in [-0.2, 0) is 14.8 Å². The zero-order chi connectivity index (χ0) is 20.0. The van der Waals surface area contributed by atoms with Gasteiger partial charge in [0.05, 0.1) is 17.6 Å². The van der Waals surface area contributed by atoms with Crippen molar-refractivity contribution in [2.75, 3.05) is 19.0 Å². The molecule has 0 aliphatic heterocycles. The maximum atomic E-state index is 12.5. The third-order valence-corrected chi connectivity index (χ3v) is 5.05. The summed E-state index contributed by atoms with van der Waals surface area (Å²) in [5.74, 6) is -0.846. The molecule has 0 saturated carbocycles. The molecule has 144 valence electrons. The third kappa shape index (κ3) is 5.63. The van der Waals surface area contributed by atoms with E-state index in [2.05, 4.69) is 14.8 Å². The van der Waals surface area contributed by atoms with Gasteiger partial charge in [-0.3, -0.25) is 4.79 Å². The molecule has 27 heavy (non-hydrogen) atoms. The minimum Gasteiger partial charge on any atom is -0.465 e. The summed E-state index contributed by atoms with van der Waals surface area (Å²) in [5.41, 5.74) is 0.879. The average Bonchev–Trinajstić information content (AvgIpc) is 2.66. The van der Waals surface area contributed by atoms with Crippen molar-refractivity contribution in [1.29, 1.82) is 0 Å². The largest absolute Gasteiger partial charge is 0.465 e. The summed E-state index contributed by atoms with van der Waals surface area (Å²) in [6.07, 6.45) is 0. The standard InChI is InChI=1S/C19H22N2O5S/c1-13(2)12-20-27(24,25)17-9-5-6-14(11-17)18(22)21-16-8-4-7-15(10-16)19(23)26-3/h4-11,13,20H,12H2,1-3H3,(H,21,22). The van der Waals surface area contributed by atoms with Crippen LogP contribution in [0.4, 0.5) is 5.69 Å². The van der Waals surface area contributed by atoms with E-state index in [4.69, 9.17) is 0 Å². The highest BCUT2D eigenvalue weighted by atomic mass is 32.2. The van der Waals surface area contributed by atoms with Gasteiger partial charge >= 0.3 is 5.97 Å². The topological polar surface area (TPSA) is 102 Å². The first kappa shape index (κ1) is 20.6. The molecule has 7 nitrogen and oxygen atoms in total. The Morgan fingerprint density at radius 3 is 2.37 bits per heavy atom. The van der Waals surface area contributed by atoms with Gasteiger partial charge in [0.15, 0.2) is 0 Å². The number of anilines is 1. The highest BCUT2D eigenvalue weighted by molar-refractivity contribution is 7.89. The molecule has 2 N–H and O–H groups in total. The summed E-state index contributed by atoms with van der Waals surface area (Å²) >= 11 is 0. The Bertz CT molecular complexity index is 939.